The first-order valence-electron chi connectivity index (χ1n) is 16.1. The molecule has 3 unspecified atom stereocenters. The first kappa shape index (κ1) is 26.8. The number of thiophene rings is 1. The monoisotopic (exact) mass is 604 g/mol. The smallest absolute Gasteiger partial charge is 0.217 e. The van der Waals surface area contributed by atoms with Gasteiger partial charge in [-0.3, -0.25) is 0 Å². The van der Waals surface area contributed by atoms with Crippen LogP contribution in [0.5, 0.6) is 0 Å². The maximum absolute atomic E-state index is 7.02. The van der Waals surface area contributed by atoms with Gasteiger partial charge in [-0.2, -0.15) is 9.13 Å². The third-order valence-corrected chi connectivity index (χ3v) is 11.4. The van der Waals surface area contributed by atoms with Crippen LogP contribution < -0.4 is 9.13 Å². The lowest BCUT2D eigenvalue weighted by molar-refractivity contribution is -0.746. The average Bonchev–Trinajstić information content (AvgIpc) is 3.71. The molecule has 9 rings (SSSR count). The lowest BCUT2D eigenvalue weighted by Gasteiger charge is -2.32. The highest BCUT2D eigenvalue weighted by molar-refractivity contribution is 7.19. The second kappa shape index (κ2) is 9.73. The fraction of sp³-hybridized carbons (Fsp3) is 0.220. The Kier molecular flexibility index (Phi) is 5.80. The molecule has 0 amide bonds. The van der Waals surface area contributed by atoms with Crippen LogP contribution in [-0.2, 0) is 0 Å². The summed E-state index contributed by atoms with van der Waals surface area (Å²) in [6.45, 7) is 13.3. The summed E-state index contributed by atoms with van der Waals surface area (Å²) in [7, 11) is 0. The van der Waals surface area contributed by atoms with E-state index in [0.29, 0.717) is 5.92 Å². The molecule has 4 heteroatoms. The van der Waals surface area contributed by atoms with Gasteiger partial charge in [-0.15, -0.1) is 17.9 Å². The molecule has 0 radical (unpaired) electrons. The van der Waals surface area contributed by atoms with Gasteiger partial charge in [0, 0.05) is 51.4 Å². The first-order valence-corrected chi connectivity index (χ1v) is 16.9. The highest BCUT2D eigenvalue weighted by Gasteiger charge is 2.53. The van der Waals surface area contributed by atoms with Crippen molar-refractivity contribution < 1.29 is 13.6 Å². The molecule has 0 saturated heterocycles. The van der Waals surface area contributed by atoms with Crippen molar-refractivity contribution in [2.45, 2.75) is 58.0 Å². The van der Waals surface area contributed by atoms with E-state index in [1.54, 1.807) is 0 Å². The molecule has 0 saturated carbocycles. The van der Waals surface area contributed by atoms with Crippen LogP contribution in [0, 0.1) is 13.8 Å². The molecule has 3 nitrogen and oxygen atoms in total. The molecule has 45 heavy (non-hydrogen) atoms. The summed E-state index contributed by atoms with van der Waals surface area (Å²) in [5.74, 6) is 0.621. The molecule has 6 heterocycles. The molecule has 0 spiro atoms. The Morgan fingerprint density at radius 2 is 1.67 bits per heavy atom. The van der Waals surface area contributed by atoms with Crippen molar-refractivity contribution in [3.63, 3.8) is 0 Å². The van der Waals surface area contributed by atoms with E-state index < -0.39 is 0 Å². The predicted molar refractivity (Wildman–Crippen MR) is 185 cm³/mol. The largest absolute Gasteiger partial charge is 0.454 e. The number of aromatic nitrogens is 2. The molecule has 3 atom stereocenters. The predicted octanol–water partition coefficient (Wildman–Crippen LogP) is 10.3. The molecule has 0 aliphatic carbocycles. The van der Waals surface area contributed by atoms with E-state index in [4.69, 9.17) is 4.42 Å². The highest BCUT2D eigenvalue weighted by atomic mass is 32.1. The first-order chi connectivity index (χ1) is 21.9. The van der Waals surface area contributed by atoms with Gasteiger partial charge in [-0.25, -0.2) is 0 Å². The third kappa shape index (κ3) is 3.69. The number of hydrogen-bond acceptors (Lipinski definition) is 2. The topological polar surface area (TPSA) is 20.9 Å². The van der Waals surface area contributed by atoms with Gasteiger partial charge < -0.3 is 4.42 Å². The number of pyridine rings is 2. The van der Waals surface area contributed by atoms with E-state index in [-0.39, 0.29) is 18.0 Å². The summed E-state index contributed by atoms with van der Waals surface area (Å²) >= 11 is 1.83. The number of furan rings is 1. The Labute approximate surface area is 267 Å². The quantitative estimate of drug-likeness (QED) is 0.145. The number of fused-ring (bicyclic) bond motifs is 12. The maximum atomic E-state index is 7.02. The van der Waals surface area contributed by atoms with Gasteiger partial charge in [0.2, 0.25) is 11.4 Å². The number of nitrogens with zero attached hydrogens (tertiary/aromatic N) is 2. The minimum Gasteiger partial charge on any atom is -0.454 e. The highest BCUT2D eigenvalue weighted by Crippen LogP contribution is 2.53. The zero-order valence-electron chi connectivity index (χ0n) is 26.2. The Morgan fingerprint density at radius 1 is 0.867 bits per heavy atom. The van der Waals surface area contributed by atoms with Crippen LogP contribution in [0.15, 0.2) is 108 Å². The van der Waals surface area contributed by atoms with Crippen molar-refractivity contribution in [1.29, 1.82) is 0 Å². The molecular formula is C41H36N2OS+2. The van der Waals surface area contributed by atoms with Crippen LogP contribution in [0.1, 0.15) is 71.3 Å². The van der Waals surface area contributed by atoms with Crippen LogP contribution in [0.2, 0.25) is 0 Å². The van der Waals surface area contributed by atoms with Crippen molar-refractivity contribution in [3.05, 3.63) is 131 Å². The van der Waals surface area contributed by atoms with E-state index in [0.717, 1.165) is 17.6 Å². The number of benzene rings is 3. The van der Waals surface area contributed by atoms with Crippen molar-refractivity contribution >= 4 is 43.4 Å². The second-order valence-electron chi connectivity index (χ2n) is 13.2. The molecule has 4 aromatic heterocycles. The molecule has 2 aliphatic heterocycles. The molecule has 0 bridgehead atoms. The van der Waals surface area contributed by atoms with E-state index in [9.17, 15) is 0 Å². The molecule has 7 aromatic rings. The molecule has 3 aromatic carbocycles. The van der Waals surface area contributed by atoms with Gasteiger partial charge in [-0.05, 0) is 66.6 Å². The minimum absolute atomic E-state index is 0.100. The summed E-state index contributed by atoms with van der Waals surface area (Å²) in [6.07, 6.45) is 7.66. The summed E-state index contributed by atoms with van der Waals surface area (Å²) in [4.78, 5) is 1.31. The standard InChI is InChI=1S/C41H36N2OS/c1-6-11-34-36(28-13-8-7-12-27(28)33-14-9-10-19-42(33)34)38-31-18-17-29-30-16-15-26-20-25(5)45-41(26)40(30)44-39(29)37(31)35-21-32(23(2)3)24(4)22-43(35)38/h6-10,12-23,34,36,38H,1,11H2,2-5H3/q+2. The van der Waals surface area contributed by atoms with Gasteiger partial charge in [-0.1, -0.05) is 50.3 Å². The summed E-state index contributed by atoms with van der Waals surface area (Å²) in [6, 6.07) is 29.9. The van der Waals surface area contributed by atoms with Crippen molar-refractivity contribution in [2.24, 2.45) is 0 Å². The van der Waals surface area contributed by atoms with E-state index in [1.165, 1.54) is 70.5 Å². The lowest BCUT2D eigenvalue weighted by atomic mass is 9.75. The average molecular weight is 605 g/mol. The van der Waals surface area contributed by atoms with Crippen LogP contribution in [0.4, 0.5) is 0 Å². The SMILES string of the molecule is C=CCC1C(C2c3ccc4c(oc5c4ccc4cc(C)sc45)c3-c3cc(C(C)C)c(C)c[n+]32)c2ccccc2-c2cccc[n+]21. The Bertz CT molecular complexity index is 2360. The second-order valence-corrected chi connectivity index (χ2v) is 14.5. The van der Waals surface area contributed by atoms with Crippen molar-refractivity contribution in [3.8, 4) is 22.5 Å². The summed E-state index contributed by atoms with van der Waals surface area (Å²) in [5.41, 5.74) is 12.6. The minimum atomic E-state index is 0.100. The number of rotatable bonds is 4. The fourth-order valence-corrected chi connectivity index (χ4v) is 9.49. The van der Waals surface area contributed by atoms with Gasteiger partial charge in [0.15, 0.2) is 30.1 Å². The number of aryl methyl sites for hydroxylation is 2. The molecule has 2 aliphatic rings. The summed E-state index contributed by atoms with van der Waals surface area (Å²) in [5, 5.41) is 3.65. The van der Waals surface area contributed by atoms with Gasteiger partial charge >= 0.3 is 0 Å². The van der Waals surface area contributed by atoms with Crippen LogP contribution in [0.3, 0.4) is 0 Å². The zero-order valence-corrected chi connectivity index (χ0v) is 27.0. The van der Waals surface area contributed by atoms with E-state index in [2.05, 4.69) is 141 Å². The third-order valence-electron chi connectivity index (χ3n) is 10.3. The van der Waals surface area contributed by atoms with Gasteiger partial charge in [0.1, 0.15) is 11.5 Å². The van der Waals surface area contributed by atoms with Gasteiger partial charge in [0.05, 0.1) is 15.8 Å². The number of allylic oxidation sites excluding steroid dienone is 1. The molecular weight excluding hydrogens is 569 g/mol. The van der Waals surface area contributed by atoms with E-state index in [1.807, 2.05) is 11.3 Å². The summed E-state index contributed by atoms with van der Waals surface area (Å²) < 4.78 is 13.3. The Hall–Kier alpha value is -4.54. The van der Waals surface area contributed by atoms with Crippen LogP contribution in [-0.4, -0.2) is 0 Å². The normalized spacial score (nSPS) is 18.4. The van der Waals surface area contributed by atoms with Gasteiger partial charge in [0.25, 0.3) is 0 Å². The molecule has 0 fully saturated rings. The maximum Gasteiger partial charge on any atom is 0.217 e. The molecule has 220 valence electrons. The van der Waals surface area contributed by atoms with E-state index >= 15 is 0 Å². The molecule has 0 N–H and O–H groups in total. The Morgan fingerprint density at radius 3 is 2.51 bits per heavy atom. The Balaban J connectivity index is 1.38. The fourth-order valence-electron chi connectivity index (χ4n) is 8.49. The van der Waals surface area contributed by atoms with Crippen molar-refractivity contribution in [1.82, 2.24) is 0 Å². The number of hydrogen-bond donors (Lipinski definition) is 0. The lowest BCUT2D eigenvalue weighted by Crippen LogP contribution is -2.53. The van der Waals surface area contributed by atoms with Crippen molar-refractivity contribution in [2.75, 3.05) is 0 Å². The van der Waals surface area contributed by atoms with Crippen LogP contribution >= 0.6 is 11.3 Å². The van der Waals surface area contributed by atoms with Crippen LogP contribution in [0.25, 0.3) is 54.5 Å². The zero-order chi connectivity index (χ0) is 30.6.